The second-order valence-electron chi connectivity index (χ2n) is 3.93. The quantitative estimate of drug-likeness (QED) is 0.467. The van der Waals surface area contributed by atoms with Gasteiger partial charge in [0.25, 0.3) is 6.47 Å². The smallest absolute Gasteiger partial charge is 0.309 e. The van der Waals surface area contributed by atoms with Crippen molar-refractivity contribution >= 4 is 12.4 Å². The summed E-state index contributed by atoms with van der Waals surface area (Å²) in [5.41, 5.74) is -0.577. The molecule has 72 valence electrons. The van der Waals surface area contributed by atoms with Gasteiger partial charge < -0.3 is 9.47 Å². The van der Waals surface area contributed by atoms with E-state index in [1.54, 1.807) is 0 Å². The van der Waals surface area contributed by atoms with E-state index >= 15 is 0 Å². The fourth-order valence-electron chi connectivity index (χ4n) is 2.16. The maximum absolute atomic E-state index is 11.2. The molecule has 0 aromatic rings. The second kappa shape index (κ2) is 2.72. The van der Waals surface area contributed by atoms with Crippen molar-refractivity contribution in [2.24, 2.45) is 5.92 Å². The van der Waals surface area contributed by atoms with Gasteiger partial charge in [0, 0.05) is 6.42 Å². The molecule has 2 unspecified atom stereocenters. The molecule has 2 heterocycles. The number of esters is 1. The lowest BCUT2D eigenvalue weighted by Crippen LogP contribution is -2.56. The number of carbonyl (C=O) groups is 2. The molecule has 0 radical (unpaired) electrons. The first-order chi connectivity index (χ1) is 6.15. The molecule has 4 nitrogen and oxygen atoms in total. The Morgan fingerprint density at radius 3 is 3.00 bits per heavy atom. The number of hydrogen-bond acceptors (Lipinski definition) is 4. The average Bonchev–Trinajstić information content (AvgIpc) is 2.07. The summed E-state index contributed by atoms with van der Waals surface area (Å²) in [7, 11) is 0. The molecule has 0 N–H and O–H groups in total. The first-order valence-corrected chi connectivity index (χ1v) is 4.48. The van der Waals surface area contributed by atoms with Crippen LogP contribution in [0.15, 0.2) is 0 Å². The van der Waals surface area contributed by atoms with Gasteiger partial charge >= 0.3 is 5.97 Å². The molecule has 0 aromatic heterocycles. The Labute approximate surface area is 76.2 Å². The summed E-state index contributed by atoms with van der Waals surface area (Å²) < 4.78 is 10.1. The number of rotatable bonds is 2. The molecule has 13 heavy (non-hydrogen) atoms. The van der Waals surface area contributed by atoms with Crippen LogP contribution in [0.5, 0.6) is 0 Å². The molecule has 4 heteroatoms. The largest absolute Gasteiger partial charge is 0.460 e. The van der Waals surface area contributed by atoms with Crippen LogP contribution in [-0.4, -0.2) is 24.1 Å². The van der Waals surface area contributed by atoms with Crippen molar-refractivity contribution in [3.05, 3.63) is 0 Å². The molecule has 1 aliphatic carbocycles. The van der Waals surface area contributed by atoms with Crippen LogP contribution < -0.4 is 0 Å². The Morgan fingerprint density at radius 1 is 1.69 bits per heavy atom. The number of fused-ring (bicyclic) bond motifs is 3. The van der Waals surface area contributed by atoms with Gasteiger partial charge in [-0.05, 0) is 19.8 Å². The SMILES string of the molecule is C[C@]12CCC(CC1OC=O)C(=O)O2. The summed E-state index contributed by atoms with van der Waals surface area (Å²) in [6, 6.07) is 0. The van der Waals surface area contributed by atoms with Crippen molar-refractivity contribution in [3.63, 3.8) is 0 Å². The van der Waals surface area contributed by atoms with E-state index in [9.17, 15) is 9.59 Å². The Hall–Kier alpha value is -1.06. The van der Waals surface area contributed by atoms with Crippen molar-refractivity contribution in [3.8, 4) is 0 Å². The lowest BCUT2D eigenvalue weighted by atomic mass is 9.74. The molecular weight excluding hydrogens is 172 g/mol. The van der Waals surface area contributed by atoms with Gasteiger partial charge in [0.1, 0.15) is 11.7 Å². The molecule has 0 amide bonds. The van der Waals surface area contributed by atoms with Crippen molar-refractivity contribution in [2.75, 3.05) is 0 Å². The summed E-state index contributed by atoms with van der Waals surface area (Å²) in [4.78, 5) is 21.5. The van der Waals surface area contributed by atoms with E-state index in [0.717, 1.165) is 12.8 Å². The van der Waals surface area contributed by atoms with Crippen LogP contribution in [0.25, 0.3) is 0 Å². The van der Waals surface area contributed by atoms with E-state index in [1.165, 1.54) is 0 Å². The van der Waals surface area contributed by atoms with Crippen molar-refractivity contribution in [1.82, 2.24) is 0 Å². The molecule has 3 fully saturated rings. The maximum atomic E-state index is 11.2. The first-order valence-electron chi connectivity index (χ1n) is 4.48. The van der Waals surface area contributed by atoms with Gasteiger partial charge in [0.2, 0.25) is 0 Å². The first kappa shape index (κ1) is 8.53. The molecule has 3 rings (SSSR count). The third-order valence-electron chi connectivity index (χ3n) is 3.06. The van der Waals surface area contributed by atoms with Crippen LogP contribution in [0.2, 0.25) is 0 Å². The van der Waals surface area contributed by atoms with Crippen LogP contribution in [0.4, 0.5) is 0 Å². The molecule has 3 atom stereocenters. The van der Waals surface area contributed by atoms with E-state index in [0.29, 0.717) is 12.9 Å². The fraction of sp³-hybridized carbons (Fsp3) is 0.778. The number of hydrogen-bond donors (Lipinski definition) is 0. The Kier molecular flexibility index (Phi) is 1.78. The fourth-order valence-corrected chi connectivity index (χ4v) is 2.16. The predicted octanol–water partition coefficient (Wildman–Crippen LogP) is 0.644. The summed E-state index contributed by atoms with van der Waals surface area (Å²) in [5.74, 6) is -0.203. The summed E-state index contributed by atoms with van der Waals surface area (Å²) in [6.45, 7) is 2.26. The van der Waals surface area contributed by atoms with Gasteiger partial charge in [0.05, 0.1) is 5.92 Å². The zero-order valence-corrected chi connectivity index (χ0v) is 7.49. The van der Waals surface area contributed by atoms with Gasteiger partial charge in [0.15, 0.2) is 0 Å². The van der Waals surface area contributed by atoms with Gasteiger partial charge in [-0.15, -0.1) is 0 Å². The normalized spacial score (nSPS) is 42.7. The topological polar surface area (TPSA) is 52.6 Å². The highest BCUT2D eigenvalue weighted by Crippen LogP contribution is 2.42. The van der Waals surface area contributed by atoms with Crippen LogP contribution in [0.1, 0.15) is 26.2 Å². The zero-order chi connectivity index (χ0) is 9.47. The third-order valence-corrected chi connectivity index (χ3v) is 3.06. The second-order valence-corrected chi connectivity index (χ2v) is 3.93. The van der Waals surface area contributed by atoms with Crippen molar-refractivity contribution in [2.45, 2.75) is 37.9 Å². The van der Waals surface area contributed by atoms with Crippen LogP contribution >= 0.6 is 0 Å². The van der Waals surface area contributed by atoms with Crippen LogP contribution in [0.3, 0.4) is 0 Å². The van der Waals surface area contributed by atoms with Crippen molar-refractivity contribution in [1.29, 1.82) is 0 Å². The monoisotopic (exact) mass is 184 g/mol. The zero-order valence-electron chi connectivity index (χ0n) is 7.49. The summed E-state index contributed by atoms with van der Waals surface area (Å²) in [6.07, 6.45) is 2.02. The number of ether oxygens (including phenoxy) is 2. The highest BCUT2D eigenvalue weighted by Gasteiger charge is 2.52. The summed E-state index contributed by atoms with van der Waals surface area (Å²) in [5, 5.41) is 0. The average molecular weight is 184 g/mol. The third kappa shape index (κ3) is 1.20. The minimum atomic E-state index is -0.577. The lowest BCUT2D eigenvalue weighted by molar-refractivity contribution is -0.214. The minimum Gasteiger partial charge on any atom is -0.460 e. The standard InChI is InChI=1S/C9H12O4/c1-9-3-2-6(8(11)13-9)4-7(9)12-5-10/h5-7H,2-4H2,1H3/t6?,7?,9-/m0/s1. The summed E-state index contributed by atoms with van der Waals surface area (Å²) >= 11 is 0. The van der Waals surface area contributed by atoms with Crippen molar-refractivity contribution < 1.29 is 19.1 Å². The van der Waals surface area contributed by atoms with Crippen LogP contribution in [-0.2, 0) is 19.1 Å². The molecular formula is C9H12O4. The molecule has 2 aliphatic heterocycles. The molecule has 0 aromatic carbocycles. The Bertz CT molecular complexity index is 250. The van der Waals surface area contributed by atoms with E-state index in [1.807, 2.05) is 6.92 Å². The number of carbonyl (C=O) groups excluding carboxylic acids is 2. The Morgan fingerprint density at radius 2 is 2.46 bits per heavy atom. The van der Waals surface area contributed by atoms with Gasteiger partial charge in [-0.2, -0.15) is 0 Å². The molecule has 0 spiro atoms. The van der Waals surface area contributed by atoms with Gasteiger partial charge in [-0.1, -0.05) is 0 Å². The highest BCUT2D eigenvalue weighted by molar-refractivity contribution is 5.75. The lowest BCUT2D eigenvalue weighted by Gasteiger charge is -2.47. The maximum Gasteiger partial charge on any atom is 0.309 e. The van der Waals surface area contributed by atoms with E-state index in [4.69, 9.17) is 9.47 Å². The van der Waals surface area contributed by atoms with E-state index in [2.05, 4.69) is 0 Å². The molecule has 2 bridgehead atoms. The van der Waals surface area contributed by atoms with Gasteiger partial charge in [-0.3, -0.25) is 9.59 Å². The van der Waals surface area contributed by atoms with E-state index < -0.39 is 5.60 Å². The van der Waals surface area contributed by atoms with Gasteiger partial charge in [-0.25, -0.2) is 0 Å². The predicted molar refractivity (Wildman–Crippen MR) is 42.8 cm³/mol. The molecule has 3 aliphatic rings. The molecule has 2 saturated heterocycles. The highest BCUT2D eigenvalue weighted by atomic mass is 16.6. The van der Waals surface area contributed by atoms with Crippen LogP contribution in [0, 0.1) is 5.92 Å². The molecule has 1 saturated carbocycles. The van der Waals surface area contributed by atoms with E-state index in [-0.39, 0.29) is 18.0 Å². The minimum absolute atomic E-state index is 0.0632. The Balaban J connectivity index is 2.17.